The Labute approximate surface area is 550 Å². The average Bonchev–Trinajstić information content (AvgIpc) is 1.64. The smallest absolute Gasteiger partial charge is 0.246 e. The highest BCUT2D eigenvalue weighted by Gasteiger charge is 2.43. The molecule has 3 rings (SSSR count). The van der Waals surface area contributed by atoms with Gasteiger partial charge in [-0.15, -0.1) is 0 Å². The van der Waals surface area contributed by atoms with Gasteiger partial charge in [0.15, 0.2) is 11.9 Å². The molecule has 33 nitrogen and oxygen atoms in total. The van der Waals surface area contributed by atoms with Gasteiger partial charge in [-0.3, -0.25) is 72.3 Å². The Hall–Kier alpha value is -8.39. The van der Waals surface area contributed by atoms with Gasteiger partial charge in [0.25, 0.3) is 0 Å². The van der Waals surface area contributed by atoms with Gasteiger partial charge in [0.05, 0.1) is 13.0 Å². The topological polar surface area (TPSA) is 543 Å². The highest BCUT2D eigenvalue weighted by Crippen LogP contribution is 2.24. The lowest BCUT2D eigenvalue weighted by molar-refractivity contribution is -0.144. The number of hydrogen-bond donors (Lipinski definition) is 15. The number of aliphatic imine (C=N–C) groups is 2. The number of nitrogens with zero attached hydrogens (tertiary/aromatic N) is 5. The lowest BCUT2D eigenvalue weighted by Gasteiger charge is -2.32. The number of aliphatic hydroxyl groups is 1. The molecule has 10 atom stereocenters. The van der Waals surface area contributed by atoms with Gasteiger partial charge in [-0.2, -0.15) is 0 Å². The molecule has 3 heterocycles. The van der Waals surface area contributed by atoms with Gasteiger partial charge in [-0.05, 0) is 89.9 Å². The zero-order valence-electron chi connectivity index (χ0n) is 55.3. The predicted molar refractivity (Wildman–Crippen MR) is 348 cm³/mol. The van der Waals surface area contributed by atoms with Gasteiger partial charge in [-0.25, -0.2) is 0 Å². The summed E-state index contributed by atoms with van der Waals surface area (Å²) >= 11 is 0. The van der Waals surface area contributed by atoms with Crippen molar-refractivity contribution in [3.63, 3.8) is 0 Å². The van der Waals surface area contributed by atoms with Crippen LogP contribution >= 0.6 is 0 Å². The average molecular weight is 1330 g/mol. The van der Waals surface area contributed by atoms with Crippen LogP contribution in [0.3, 0.4) is 0 Å². The minimum atomic E-state index is -1.72. The molecule has 22 N–H and O–H groups in total. The van der Waals surface area contributed by atoms with Crippen molar-refractivity contribution in [2.75, 3.05) is 39.3 Å². The monoisotopic (exact) mass is 1330 g/mol. The van der Waals surface area contributed by atoms with E-state index in [1.807, 2.05) is 0 Å². The van der Waals surface area contributed by atoms with Crippen molar-refractivity contribution in [3.8, 4) is 0 Å². The van der Waals surface area contributed by atoms with E-state index in [0.29, 0.717) is 25.7 Å². The summed E-state index contributed by atoms with van der Waals surface area (Å²) in [5, 5.41) is 28.6. The SMILES string of the molecule is CCCCCCCCCCCCCC(=O)N[C@@H](CCC(N)=O)C(=O)N[C@H](C(=O)N1CCC[C@H]1C(=O)N[C@@H](CO)C(=O)N[C@@H](CCCN=C(N)N)C(=O)N1CCC[C@H]1C(=O)N[C@@H](CC(N)=O)C(=O)N[C@@H](CCCN=C(N)N)C(=O)N[C@@H](C)C(=O)N1CCC[C@H]1C(N)=O)C(C)C. The van der Waals surface area contributed by atoms with Crippen LogP contribution in [0, 0.1) is 5.92 Å². The number of aliphatic hydroxyl groups excluding tert-OH is 1. The molecule has 3 saturated heterocycles. The minimum Gasteiger partial charge on any atom is -0.394 e. The highest BCUT2D eigenvalue weighted by molar-refractivity contribution is 6.00. The molecule has 0 aromatic carbocycles. The fourth-order valence-electron chi connectivity index (χ4n) is 11.7. The van der Waals surface area contributed by atoms with Crippen molar-refractivity contribution in [2.45, 2.75) is 249 Å². The maximum Gasteiger partial charge on any atom is 0.246 e. The molecule has 0 bridgehead atoms. The second-order valence-electron chi connectivity index (χ2n) is 24.8. The lowest BCUT2D eigenvalue weighted by atomic mass is 10.0. The molecule has 0 radical (unpaired) electrons. The summed E-state index contributed by atoms with van der Waals surface area (Å²) in [5.41, 5.74) is 38.5. The number of carbonyl (C=O) groups excluding carboxylic acids is 13. The quantitative estimate of drug-likeness (QED) is 0.0160. The summed E-state index contributed by atoms with van der Waals surface area (Å²) < 4.78 is 0. The van der Waals surface area contributed by atoms with Crippen LogP contribution in [0.5, 0.6) is 0 Å². The summed E-state index contributed by atoms with van der Waals surface area (Å²) in [6.07, 6.45) is 12.5. The van der Waals surface area contributed by atoms with Gasteiger partial charge >= 0.3 is 0 Å². The van der Waals surface area contributed by atoms with E-state index >= 15 is 0 Å². The molecule has 530 valence electrons. The Morgan fingerprint density at radius 2 is 0.883 bits per heavy atom. The number of amides is 13. The predicted octanol–water partition coefficient (Wildman–Crippen LogP) is -3.54. The van der Waals surface area contributed by atoms with Crippen molar-refractivity contribution in [1.29, 1.82) is 0 Å². The highest BCUT2D eigenvalue weighted by atomic mass is 16.3. The van der Waals surface area contributed by atoms with E-state index in [2.05, 4.69) is 54.1 Å². The van der Waals surface area contributed by atoms with Crippen molar-refractivity contribution in [1.82, 2.24) is 51.9 Å². The molecule has 13 amide bonds. The van der Waals surface area contributed by atoms with E-state index in [4.69, 9.17) is 40.1 Å². The van der Waals surface area contributed by atoms with Crippen molar-refractivity contribution >= 4 is 88.7 Å². The van der Waals surface area contributed by atoms with Gasteiger partial charge in [0.2, 0.25) is 76.8 Å². The largest absolute Gasteiger partial charge is 0.394 e. The summed E-state index contributed by atoms with van der Waals surface area (Å²) in [6.45, 7) is 6.18. The van der Waals surface area contributed by atoms with E-state index in [-0.39, 0.29) is 109 Å². The molecule has 3 fully saturated rings. The maximum atomic E-state index is 14.6. The molecule has 0 aromatic heterocycles. The van der Waals surface area contributed by atoms with Crippen LogP contribution in [0.25, 0.3) is 0 Å². The third kappa shape index (κ3) is 27.7. The van der Waals surface area contributed by atoms with Gasteiger partial charge in [0, 0.05) is 45.6 Å². The molecule has 3 aliphatic heterocycles. The molecular weight excluding hydrogens is 1220 g/mol. The molecule has 0 aliphatic carbocycles. The Morgan fingerprint density at radius 1 is 0.447 bits per heavy atom. The first-order valence-electron chi connectivity index (χ1n) is 33.2. The van der Waals surface area contributed by atoms with Crippen LogP contribution in [0.2, 0.25) is 0 Å². The number of likely N-dealkylation sites (tertiary alicyclic amines) is 3. The number of primary amides is 3. The van der Waals surface area contributed by atoms with Crippen molar-refractivity contribution in [2.24, 2.45) is 56.0 Å². The van der Waals surface area contributed by atoms with Crippen LogP contribution < -0.4 is 77.4 Å². The first kappa shape index (κ1) is 79.8. The Balaban J connectivity index is 1.76. The van der Waals surface area contributed by atoms with E-state index < -0.39 is 156 Å². The summed E-state index contributed by atoms with van der Waals surface area (Å²) in [5.74, 6) is -11.4. The third-order valence-corrected chi connectivity index (χ3v) is 16.8. The number of rotatable bonds is 44. The fraction of sp³-hybridized carbons (Fsp3) is 0.754. The fourth-order valence-corrected chi connectivity index (χ4v) is 11.7. The van der Waals surface area contributed by atoms with E-state index in [0.717, 1.165) is 30.6 Å². The zero-order valence-corrected chi connectivity index (χ0v) is 55.3. The van der Waals surface area contributed by atoms with Crippen LogP contribution in [-0.4, -0.2) is 208 Å². The number of nitrogens with one attached hydrogen (secondary N) is 7. The molecular formula is C61H107N19O14. The Kier molecular flexibility index (Phi) is 35.7. The number of unbranched alkanes of at least 4 members (excludes halogenated alkanes) is 10. The number of carbonyl (C=O) groups is 13. The van der Waals surface area contributed by atoms with Crippen LogP contribution in [0.15, 0.2) is 9.98 Å². The second kappa shape index (κ2) is 42.0. The Morgan fingerprint density at radius 3 is 1.37 bits per heavy atom. The Bertz CT molecular complexity index is 2640. The number of hydrogen-bond acceptors (Lipinski definition) is 16. The number of nitrogens with two attached hydrogens (primary N) is 7. The maximum absolute atomic E-state index is 14.6. The summed E-state index contributed by atoms with van der Waals surface area (Å²) in [6, 6.07) is -13.3. The number of guanidine groups is 2. The second-order valence-corrected chi connectivity index (χ2v) is 24.8. The molecule has 33 heteroatoms. The van der Waals surface area contributed by atoms with Crippen LogP contribution in [0.4, 0.5) is 0 Å². The normalized spacial score (nSPS) is 18.2. The first-order valence-corrected chi connectivity index (χ1v) is 33.2. The van der Waals surface area contributed by atoms with Crippen LogP contribution in [0.1, 0.15) is 188 Å². The zero-order chi connectivity index (χ0) is 70.0. The standard InChI is InChI=1S/C61H107N19O14/c1-5-6-7-8-9-10-11-12-13-14-15-26-48(84)72-39(27-28-46(62)82)52(87)77-49(36(2)3)59(94)80-33-20-25-45(80)56(91)76-42(35-81)54(89)74-40(22-17-30-70-61(67)68)58(93)79-32-19-24-44(79)55(90)75-41(34-47(63)83)53(88)73-38(21-16-29-69-60(65)66)51(86)71-37(4)57(92)78-31-18-23-43(78)50(64)85/h36-45,49,81H,5-35H2,1-4H3,(H2,62,82)(H2,63,83)(H2,64,85)(H,71,86)(H,72,84)(H,73,88)(H,74,89)(H,75,90)(H,76,91)(H,77,87)(H4,65,66,69)(H4,67,68,70)/t37-,38-,39-,40-,41-,42-,43-,44-,45-,49-/m0/s1. The molecule has 3 aliphatic rings. The van der Waals surface area contributed by atoms with Gasteiger partial charge < -0.3 is 97.2 Å². The van der Waals surface area contributed by atoms with Gasteiger partial charge in [-0.1, -0.05) is 85.0 Å². The third-order valence-electron chi connectivity index (χ3n) is 16.8. The summed E-state index contributed by atoms with van der Waals surface area (Å²) in [4.78, 5) is 188. The molecule has 0 unspecified atom stereocenters. The summed E-state index contributed by atoms with van der Waals surface area (Å²) in [7, 11) is 0. The van der Waals surface area contributed by atoms with E-state index in [1.165, 1.54) is 55.2 Å². The van der Waals surface area contributed by atoms with Crippen LogP contribution in [-0.2, 0) is 62.3 Å². The molecule has 0 saturated carbocycles. The van der Waals surface area contributed by atoms with Gasteiger partial charge in [0.1, 0.15) is 60.4 Å². The van der Waals surface area contributed by atoms with E-state index in [9.17, 15) is 67.4 Å². The molecule has 94 heavy (non-hydrogen) atoms. The lowest BCUT2D eigenvalue weighted by Crippen LogP contribution is -2.61. The molecule has 0 aromatic rings. The van der Waals surface area contributed by atoms with E-state index in [1.54, 1.807) is 13.8 Å². The van der Waals surface area contributed by atoms with Crippen molar-refractivity contribution < 1.29 is 67.4 Å². The van der Waals surface area contributed by atoms with Crippen molar-refractivity contribution in [3.05, 3.63) is 0 Å². The minimum absolute atomic E-state index is 0.0150. The first-order chi connectivity index (χ1) is 44.6. The molecule has 0 spiro atoms.